The number of hydrogen-bond donors (Lipinski definition) is 0. The smallest absolute Gasteiger partial charge is 0.0109 e. The van der Waals surface area contributed by atoms with Crippen LogP contribution < -0.4 is 0 Å². The van der Waals surface area contributed by atoms with Crippen LogP contribution >= 0.6 is 0 Å². The van der Waals surface area contributed by atoms with Gasteiger partial charge in [-0.2, -0.15) is 0 Å². The van der Waals surface area contributed by atoms with Crippen molar-refractivity contribution < 1.29 is 0 Å². The second-order valence-corrected chi connectivity index (χ2v) is 6.70. The van der Waals surface area contributed by atoms with Crippen molar-refractivity contribution in [3.63, 3.8) is 0 Å². The second kappa shape index (κ2) is 8.48. The van der Waals surface area contributed by atoms with E-state index in [1.54, 1.807) is 0 Å². The van der Waals surface area contributed by atoms with E-state index in [9.17, 15) is 0 Å². The van der Waals surface area contributed by atoms with Crippen molar-refractivity contribution in [2.75, 3.05) is 0 Å². The van der Waals surface area contributed by atoms with E-state index < -0.39 is 0 Å². The van der Waals surface area contributed by atoms with Crippen molar-refractivity contribution >= 4 is 11.6 Å². The molecular formula is C25H26. The van der Waals surface area contributed by atoms with Crippen molar-refractivity contribution in [2.45, 2.75) is 20.3 Å². The first kappa shape index (κ1) is 17.2. The molecule has 3 rings (SSSR count). The van der Waals surface area contributed by atoms with Gasteiger partial charge in [0.2, 0.25) is 0 Å². The van der Waals surface area contributed by atoms with Crippen LogP contribution in [0.5, 0.6) is 0 Å². The van der Waals surface area contributed by atoms with Gasteiger partial charge in [0.25, 0.3) is 0 Å². The first-order valence-electron chi connectivity index (χ1n) is 9.12. The standard InChI is InChI=1S/C25H26/c1-20-12-7-8-15-23(17-11-13-21(20)2)24-18-6-4-3-5-14-22-16-9-10-19-25(22)24/h3-5,7-21H,6H2,1-2H3/b4-3-,12-7+,13-11-,14-5-,15-8+,23-17+,24-18-/t20-,21?/m0/s1. The van der Waals surface area contributed by atoms with E-state index in [4.69, 9.17) is 0 Å². The molecule has 0 aliphatic heterocycles. The van der Waals surface area contributed by atoms with Gasteiger partial charge in [-0.25, -0.2) is 0 Å². The van der Waals surface area contributed by atoms with E-state index in [0.717, 1.165) is 6.42 Å². The summed E-state index contributed by atoms with van der Waals surface area (Å²) < 4.78 is 0. The van der Waals surface area contributed by atoms with Gasteiger partial charge in [-0.3, -0.25) is 0 Å². The summed E-state index contributed by atoms with van der Waals surface area (Å²) in [7, 11) is 0. The van der Waals surface area contributed by atoms with Crippen molar-refractivity contribution in [2.24, 2.45) is 11.8 Å². The van der Waals surface area contributed by atoms with Crippen LogP contribution in [-0.4, -0.2) is 0 Å². The Morgan fingerprint density at radius 2 is 1.56 bits per heavy atom. The molecule has 126 valence electrons. The van der Waals surface area contributed by atoms with Crippen LogP contribution in [0.25, 0.3) is 11.6 Å². The molecule has 0 nitrogen and oxygen atoms in total. The number of rotatable bonds is 1. The van der Waals surface area contributed by atoms with Crippen LogP contribution in [0.1, 0.15) is 31.4 Å². The summed E-state index contributed by atoms with van der Waals surface area (Å²) in [4.78, 5) is 0. The lowest BCUT2D eigenvalue weighted by atomic mass is 9.90. The number of benzene rings is 1. The zero-order valence-electron chi connectivity index (χ0n) is 15.1. The van der Waals surface area contributed by atoms with Crippen LogP contribution in [0.3, 0.4) is 0 Å². The molecule has 25 heavy (non-hydrogen) atoms. The maximum atomic E-state index is 2.33. The fourth-order valence-electron chi connectivity index (χ4n) is 3.09. The number of hydrogen-bond acceptors (Lipinski definition) is 0. The molecule has 0 amide bonds. The monoisotopic (exact) mass is 326 g/mol. The second-order valence-electron chi connectivity index (χ2n) is 6.70. The molecule has 0 heterocycles. The highest BCUT2D eigenvalue weighted by Crippen LogP contribution is 2.30. The molecule has 0 N–H and O–H groups in total. The van der Waals surface area contributed by atoms with E-state index in [0.29, 0.717) is 11.8 Å². The average Bonchev–Trinajstić information content (AvgIpc) is 2.73. The van der Waals surface area contributed by atoms with Gasteiger partial charge in [-0.1, -0.05) is 111 Å². The summed E-state index contributed by atoms with van der Waals surface area (Å²) in [6.07, 6.45) is 27.5. The van der Waals surface area contributed by atoms with Crippen LogP contribution in [0, 0.1) is 11.8 Å². The Kier molecular flexibility index (Phi) is 5.85. The molecule has 2 atom stereocenters. The Balaban J connectivity index is 2.07. The molecular weight excluding hydrogens is 300 g/mol. The summed E-state index contributed by atoms with van der Waals surface area (Å²) in [5, 5.41) is 0. The third kappa shape index (κ3) is 4.48. The van der Waals surface area contributed by atoms with E-state index in [1.807, 2.05) is 0 Å². The summed E-state index contributed by atoms with van der Waals surface area (Å²) in [6.45, 7) is 4.54. The van der Waals surface area contributed by atoms with Crippen molar-refractivity contribution in [1.82, 2.24) is 0 Å². The summed E-state index contributed by atoms with van der Waals surface area (Å²) in [5.74, 6) is 1.09. The van der Waals surface area contributed by atoms with Gasteiger partial charge in [0.05, 0.1) is 0 Å². The third-order valence-electron chi connectivity index (χ3n) is 4.86. The molecule has 0 heteroatoms. The fraction of sp³-hybridized carbons (Fsp3) is 0.200. The minimum atomic E-state index is 0.535. The zero-order chi connectivity index (χ0) is 17.5. The maximum Gasteiger partial charge on any atom is -0.0109 e. The first-order valence-corrected chi connectivity index (χ1v) is 9.12. The highest BCUT2D eigenvalue weighted by atomic mass is 14.1. The normalized spacial score (nSPS) is 33.7. The van der Waals surface area contributed by atoms with E-state index in [2.05, 4.69) is 111 Å². The molecule has 1 aromatic carbocycles. The maximum absolute atomic E-state index is 2.33. The predicted molar refractivity (Wildman–Crippen MR) is 111 cm³/mol. The fourth-order valence-corrected chi connectivity index (χ4v) is 3.09. The van der Waals surface area contributed by atoms with Crippen LogP contribution in [0.4, 0.5) is 0 Å². The minimum absolute atomic E-state index is 0.535. The van der Waals surface area contributed by atoms with Gasteiger partial charge in [0, 0.05) is 0 Å². The molecule has 0 aromatic heterocycles. The summed E-state index contributed by atoms with van der Waals surface area (Å²) in [5.41, 5.74) is 5.09. The summed E-state index contributed by atoms with van der Waals surface area (Å²) in [6, 6.07) is 8.62. The van der Waals surface area contributed by atoms with Crippen LogP contribution in [0.2, 0.25) is 0 Å². The molecule has 1 unspecified atom stereocenters. The Morgan fingerprint density at radius 3 is 2.44 bits per heavy atom. The zero-order valence-corrected chi connectivity index (χ0v) is 15.1. The Bertz CT molecular complexity index is 806. The van der Waals surface area contributed by atoms with Gasteiger partial charge >= 0.3 is 0 Å². The van der Waals surface area contributed by atoms with Gasteiger partial charge in [0.15, 0.2) is 0 Å². The highest BCUT2D eigenvalue weighted by molar-refractivity contribution is 5.86. The van der Waals surface area contributed by atoms with Crippen molar-refractivity contribution in [1.29, 1.82) is 0 Å². The SMILES string of the molecule is CC1\C=C/C=C(/C2=C/C/C=C\C=C/c3ccccc32)\C=C\C=C\[C@@H]1C. The summed E-state index contributed by atoms with van der Waals surface area (Å²) >= 11 is 0. The average molecular weight is 326 g/mol. The lowest BCUT2D eigenvalue weighted by Crippen LogP contribution is -2.01. The third-order valence-corrected chi connectivity index (χ3v) is 4.86. The van der Waals surface area contributed by atoms with Crippen LogP contribution in [-0.2, 0) is 0 Å². The predicted octanol–water partition coefficient (Wildman–Crippen LogP) is 6.92. The van der Waals surface area contributed by atoms with Gasteiger partial charge < -0.3 is 0 Å². The van der Waals surface area contributed by atoms with Gasteiger partial charge in [-0.15, -0.1) is 0 Å². The molecule has 2 aliphatic rings. The van der Waals surface area contributed by atoms with Gasteiger partial charge in [-0.05, 0) is 40.5 Å². The molecule has 2 aliphatic carbocycles. The molecule has 1 aromatic rings. The van der Waals surface area contributed by atoms with E-state index in [-0.39, 0.29) is 0 Å². The Morgan fingerprint density at radius 1 is 0.800 bits per heavy atom. The van der Waals surface area contributed by atoms with E-state index >= 15 is 0 Å². The number of fused-ring (bicyclic) bond motifs is 1. The lowest BCUT2D eigenvalue weighted by molar-refractivity contribution is 0.558. The van der Waals surface area contributed by atoms with Crippen LogP contribution in [0.15, 0.2) is 96.7 Å². The molecule has 0 bridgehead atoms. The van der Waals surface area contributed by atoms with Crippen molar-refractivity contribution in [3.05, 3.63) is 108 Å². The Labute approximate surface area is 152 Å². The first-order chi connectivity index (χ1) is 12.3. The number of allylic oxidation sites excluding steroid dienone is 13. The van der Waals surface area contributed by atoms with Gasteiger partial charge in [0.1, 0.15) is 0 Å². The lowest BCUT2D eigenvalue weighted by Gasteiger charge is -2.14. The molecule has 0 fully saturated rings. The van der Waals surface area contributed by atoms with Crippen molar-refractivity contribution in [3.8, 4) is 0 Å². The molecule has 0 saturated heterocycles. The quantitative estimate of drug-likeness (QED) is 0.525. The highest BCUT2D eigenvalue weighted by Gasteiger charge is 2.10. The Hall–Kier alpha value is -2.60. The van der Waals surface area contributed by atoms with E-state index in [1.165, 1.54) is 22.3 Å². The topological polar surface area (TPSA) is 0 Å². The molecule has 0 radical (unpaired) electrons. The largest absolute Gasteiger partial charge is 0.0811 e. The molecule has 0 spiro atoms. The minimum Gasteiger partial charge on any atom is -0.0811 e. The molecule has 0 saturated carbocycles.